The van der Waals surface area contributed by atoms with Crippen LogP contribution in [0.15, 0.2) is 42.6 Å². The number of alkyl halides is 2. The molecule has 4 aliphatic rings. The summed E-state index contributed by atoms with van der Waals surface area (Å²) in [5.74, 6) is -6.91. The van der Waals surface area contributed by atoms with Crippen LogP contribution in [0.25, 0.3) is 10.8 Å². The van der Waals surface area contributed by atoms with Crippen LogP contribution in [0.3, 0.4) is 0 Å². The van der Waals surface area contributed by atoms with Gasteiger partial charge in [-0.3, -0.25) is 24.0 Å². The van der Waals surface area contributed by atoms with Crippen LogP contribution in [-0.2, 0) is 24.4 Å². The molecule has 4 amide bonds. The molecule has 2 aliphatic heterocycles. The number of nitrogens with zero attached hydrogens (tertiary/aromatic N) is 3. The van der Waals surface area contributed by atoms with Crippen LogP contribution in [0.4, 0.5) is 13.6 Å². The molecular formula is C41H55F2N5O9S. The van der Waals surface area contributed by atoms with Gasteiger partial charge in [-0.05, 0) is 84.1 Å². The molecule has 2 aromatic rings. The van der Waals surface area contributed by atoms with Gasteiger partial charge >= 0.3 is 6.09 Å². The molecule has 0 unspecified atom stereocenters. The lowest BCUT2D eigenvalue weighted by molar-refractivity contribution is -0.156. The minimum atomic E-state index is -4.09. The number of fused-ring (bicyclic) bond motifs is 3. The van der Waals surface area contributed by atoms with Crippen molar-refractivity contribution >= 4 is 44.6 Å². The maximum atomic E-state index is 15.4. The van der Waals surface area contributed by atoms with E-state index in [9.17, 15) is 27.9 Å². The van der Waals surface area contributed by atoms with Crippen LogP contribution in [0.5, 0.6) is 11.6 Å². The predicted molar refractivity (Wildman–Crippen MR) is 211 cm³/mol. The van der Waals surface area contributed by atoms with Crippen LogP contribution < -0.4 is 19.5 Å². The normalized spacial score (nSPS) is 29.5. The summed E-state index contributed by atoms with van der Waals surface area (Å²) < 4.78 is 70.5. The first-order valence-electron chi connectivity index (χ1n) is 20.0. The van der Waals surface area contributed by atoms with Crippen molar-refractivity contribution in [2.75, 3.05) is 13.2 Å². The number of benzene rings is 1. The summed E-state index contributed by atoms with van der Waals surface area (Å²) in [6.07, 6.45) is 4.61. The van der Waals surface area contributed by atoms with Gasteiger partial charge in [-0.25, -0.2) is 27.0 Å². The molecule has 7 atom stereocenters. The first-order chi connectivity index (χ1) is 27.1. The average molecular weight is 832 g/mol. The number of rotatable bonds is 10. The van der Waals surface area contributed by atoms with Crippen LogP contribution in [0.1, 0.15) is 93.4 Å². The van der Waals surface area contributed by atoms with Crippen molar-refractivity contribution in [3.63, 3.8) is 0 Å². The number of nitrogens with one attached hydrogen (secondary N) is 2. The summed E-state index contributed by atoms with van der Waals surface area (Å²) in [7, 11) is -4.09. The molecule has 6 rings (SSSR count). The second-order valence-electron chi connectivity index (χ2n) is 17.4. The first-order valence-corrected chi connectivity index (χ1v) is 21.5. The number of carbonyl (C=O) groups excluding carboxylic acids is 3. The van der Waals surface area contributed by atoms with Gasteiger partial charge in [-0.15, -0.1) is 0 Å². The van der Waals surface area contributed by atoms with Crippen LogP contribution in [0, 0.1) is 17.8 Å². The Morgan fingerprint density at radius 3 is 2.41 bits per heavy atom. The quantitative estimate of drug-likeness (QED) is 0.253. The highest BCUT2D eigenvalue weighted by Crippen LogP contribution is 2.48. The lowest BCUT2D eigenvalue weighted by Gasteiger charge is -2.47. The van der Waals surface area contributed by atoms with Crippen molar-refractivity contribution in [3.8, 4) is 11.6 Å². The molecule has 1 saturated heterocycles. The Bertz CT molecular complexity index is 2090. The monoisotopic (exact) mass is 831 g/mol. The number of hydrogen-bond donors (Lipinski definition) is 3. The van der Waals surface area contributed by atoms with Gasteiger partial charge in [0.25, 0.3) is 11.8 Å². The van der Waals surface area contributed by atoms with E-state index in [0.717, 1.165) is 18.7 Å². The summed E-state index contributed by atoms with van der Waals surface area (Å²) >= 11 is 0. The molecule has 318 valence electrons. The molecule has 1 aromatic carbocycles. The molecule has 3 N–H and O–H groups in total. The highest BCUT2D eigenvalue weighted by molar-refractivity contribution is 7.91. The Kier molecular flexibility index (Phi) is 11.6. The Balaban J connectivity index is 1.42. The third-order valence-electron chi connectivity index (χ3n) is 12.7. The molecule has 0 radical (unpaired) electrons. The molecule has 0 spiro atoms. The van der Waals surface area contributed by atoms with Crippen molar-refractivity contribution in [1.82, 2.24) is 24.8 Å². The molecule has 1 aromatic heterocycles. The van der Waals surface area contributed by atoms with Gasteiger partial charge in [0.2, 0.25) is 27.7 Å². The number of pyridine rings is 1. The highest BCUT2D eigenvalue weighted by Gasteiger charge is 2.63. The molecule has 2 aliphatic carbocycles. The van der Waals surface area contributed by atoms with E-state index in [-0.39, 0.29) is 31.2 Å². The van der Waals surface area contributed by atoms with E-state index >= 15 is 13.6 Å². The zero-order valence-electron chi connectivity index (χ0n) is 34.1. The van der Waals surface area contributed by atoms with Gasteiger partial charge in [-0.2, -0.15) is 0 Å². The summed E-state index contributed by atoms with van der Waals surface area (Å²) in [5, 5.41) is 14.7. The van der Waals surface area contributed by atoms with Gasteiger partial charge < -0.3 is 24.8 Å². The van der Waals surface area contributed by atoms with Crippen molar-refractivity contribution in [2.24, 2.45) is 17.8 Å². The van der Waals surface area contributed by atoms with E-state index in [1.807, 2.05) is 32.1 Å². The fraction of sp³-hybridized carbons (Fsp3) is 0.634. The van der Waals surface area contributed by atoms with Crippen LogP contribution in [0.2, 0.25) is 0 Å². The van der Waals surface area contributed by atoms with E-state index in [1.165, 1.54) is 6.20 Å². The number of amides is 4. The standard InChI is InChI=1S/C41H55F2N5O9S/c1-8-56-31-22-44-34(29-16-12-11-15-28(29)31)57-27-20-30-33(49)45-41(36(51)46-58(54,55)39(6)17-18-39)21-26(41)14-10-9-13-24(2)19-25(3)32(35(50)47(30)23-27)48(37(52)53)38(4,5)40(7,42)43/h10-12,14-16,22,24-27,30,32H,8-9,13,17-21,23H2,1-7H3,(H,45,49)(H,46,51)(H,52,53)/b14-10-/t24-,25-,26-,27-,30+,32+,41-/m1/s1. The maximum Gasteiger partial charge on any atom is 0.408 e. The first kappa shape index (κ1) is 43.0. The number of halogens is 2. The fourth-order valence-corrected chi connectivity index (χ4v) is 9.63. The van der Waals surface area contributed by atoms with Crippen LogP contribution >= 0.6 is 0 Å². The van der Waals surface area contributed by atoms with Crippen molar-refractivity contribution < 1.29 is 51.0 Å². The molecule has 17 heteroatoms. The number of sulfonamides is 1. The van der Waals surface area contributed by atoms with Crippen molar-refractivity contribution in [2.45, 2.75) is 133 Å². The topological polar surface area (TPSA) is 185 Å². The van der Waals surface area contributed by atoms with Crippen molar-refractivity contribution in [1.29, 1.82) is 0 Å². The zero-order chi connectivity index (χ0) is 42.6. The molecule has 2 saturated carbocycles. The zero-order valence-corrected chi connectivity index (χ0v) is 34.9. The second kappa shape index (κ2) is 15.6. The third kappa shape index (κ3) is 8.07. The average Bonchev–Trinajstić information content (AvgIpc) is 4.02. The number of allylic oxidation sites excluding steroid dienone is 1. The number of ether oxygens (including phenoxy) is 2. The minimum absolute atomic E-state index is 0.0950. The number of hydrogen-bond acceptors (Lipinski definition) is 9. The Morgan fingerprint density at radius 2 is 1.79 bits per heavy atom. The minimum Gasteiger partial charge on any atom is -0.492 e. The predicted octanol–water partition coefficient (Wildman–Crippen LogP) is 5.65. The molecule has 0 bridgehead atoms. The SMILES string of the molecule is CCOc1cnc(O[C@@H]2C[C@H]3C(=O)N[C@]4(C(=O)NS(=O)(=O)C5(C)CC5)C[C@H]4/C=C\CC[C@@H](C)C[C@@H](C)[C@H](N(C(=O)O)C(C)(C)C(C)(F)F)C(=O)N3C2)c2ccccc12. The van der Waals surface area contributed by atoms with Gasteiger partial charge in [0.15, 0.2) is 0 Å². The largest absolute Gasteiger partial charge is 0.492 e. The van der Waals surface area contributed by atoms with E-state index in [1.54, 1.807) is 32.1 Å². The summed E-state index contributed by atoms with van der Waals surface area (Å²) in [6.45, 7) is 9.82. The summed E-state index contributed by atoms with van der Waals surface area (Å²) in [5.41, 5.74) is -4.03. The lowest BCUT2D eigenvalue weighted by Crippen LogP contribution is -2.66. The Labute approximate surface area is 338 Å². The van der Waals surface area contributed by atoms with Crippen LogP contribution in [-0.4, -0.2) is 105 Å². The number of aromatic nitrogens is 1. The number of carboxylic acid groups (broad SMARTS) is 1. The smallest absolute Gasteiger partial charge is 0.408 e. The fourth-order valence-electron chi connectivity index (χ4n) is 8.32. The second-order valence-corrected chi connectivity index (χ2v) is 19.6. The van der Waals surface area contributed by atoms with Gasteiger partial charge in [0, 0.05) is 30.0 Å². The Hall–Kier alpha value is -4.54. The summed E-state index contributed by atoms with van der Waals surface area (Å²) in [6, 6.07) is 4.19. The molecule has 3 heterocycles. The highest BCUT2D eigenvalue weighted by atomic mass is 32.2. The van der Waals surface area contributed by atoms with E-state index < -0.39 is 85.6 Å². The van der Waals surface area contributed by atoms with Gasteiger partial charge in [0.1, 0.15) is 35.0 Å². The molecule has 3 fully saturated rings. The molecule has 58 heavy (non-hydrogen) atoms. The van der Waals surface area contributed by atoms with E-state index in [4.69, 9.17) is 9.47 Å². The summed E-state index contributed by atoms with van der Waals surface area (Å²) in [4.78, 5) is 63.0. The third-order valence-corrected chi connectivity index (χ3v) is 14.8. The van der Waals surface area contributed by atoms with Gasteiger partial charge in [-0.1, -0.05) is 44.2 Å². The number of carbonyl (C=O) groups is 4. The Morgan fingerprint density at radius 1 is 1.12 bits per heavy atom. The van der Waals surface area contributed by atoms with E-state index in [2.05, 4.69) is 15.0 Å². The maximum absolute atomic E-state index is 15.4. The lowest BCUT2D eigenvalue weighted by atomic mass is 9.84. The van der Waals surface area contributed by atoms with Gasteiger partial charge in [0.05, 0.1) is 24.1 Å². The molecular weight excluding hydrogens is 777 g/mol. The molecule has 14 nitrogen and oxygen atoms in total. The van der Waals surface area contributed by atoms with E-state index in [0.29, 0.717) is 67.1 Å². The van der Waals surface area contributed by atoms with Crippen molar-refractivity contribution in [3.05, 3.63) is 42.6 Å².